The topological polar surface area (TPSA) is 50.4 Å². The van der Waals surface area contributed by atoms with Crippen molar-refractivity contribution >= 4 is 17.3 Å². The van der Waals surface area contributed by atoms with E-state index in [1.165, 1.54) is 6.07 Å². The van der Waals surface area contributed by atoms with Crippen molar-refractivity contribution in [1.29, 1.82) is 0 Å². The minimum atomic E-state index is 0.175. The Kier molecular flexibility index (Phi) is 1.59. The Hall–Kier alpha value is -1.77. The van der Waals surface area contributed by atoms with Crippen molar-refractivity contribution < 1.29 is 14.3 Å². The number of phenols is 1. The molecule has 0 saturated carbocycles. The van der Waals surface area contributed by atoms with Crippen LogP contribution in [0, 0.1) is 6.92 Å². The molecule has 13 heavy (non-hydrogen) atoms. The van der Waals surface area contributed by atoms with Crippen LogP contribution < -0.4 is 0 Å². The summed E-state index contributed by atoms with van der Waals surface area (Å²) >= 11 is 0. The summed E-state index contributed by atoms with van der Waals surface area (Å²) in [7, 11) is 0. The molecule has 0 amide bonds. The van der Waals surface area contributed by atoms with E-state index >= 15 is 0 Å². The molecule has 0 saturated heterocycles. The fourth-order valence-electron chi connectivity index (χ4n) is 1.34. The summed E-state index contributed by atoms with van der Waals surface area (Å²) in [5.41, 5.74) is 1.39. The van der Waals surface area contributed by atoms with E-state index < -0.39 is 0 Å². The van der Waals surface area contributed by atoms with Gasteiger partial charge in [-0.15, -0.1) is 0 Å². The zero-order valence-corrected chi connectivity index (χ0v) is 7.07. The largest absolute Gasteiger partial charge is 0.508 e. The zero-order valence-electron chi connectivity index (χ0n) is 7.07. The summed E-state index contributed by atoms with van der Waals surface area (Å²) < 4.78 is 5.22. The molecule has 1 N–H and O–H groups in total. The summed E-state index contributed by atoms with van der Waals surface area (Å²) in [5.74, 6) is 0.495. The van der Waals surface area contributed by atoms with Crippen molar-refractivity contribution in [2.24, 2.45) is 0 Å². The van der Waals surface area contributed by atoms with E-state index in [0.29, 0.717) is 17.6 Å². The third-order valence-electron chi connectivity index (χ3n) is 2.06. The van der Waals surface area contributed by atoms with Crippen LogP contribution in [0.5, 0.6) is 5.75 Å². The molecule has 2 aromatic rings. The Morgan fingerprint density at radius 2 is 2.23 bits per heavy atom. The lowest BCUT2D eigenvalue weighted by Crippen LogP contribution is -1.76. The quantitative estimate of drug-likeness (QED) is 0.678. The monoisotopic (exact) mass is 176 g/mol. The number of furan rings is 1. The lowest BCUT2D eigenvalue weighted by atomic mass is 10.1. The summed E-state index contributed by atoms with van der Waals surface area (Å²) in [6, 6.07) is 4.76. The maximum absolute atomic E-state index is 10.5. The van der Waals surface area contributed by atoms with Gasteiger partial charge in [-0.3, -0.25) is 4.79 Å². The van der Waals surface area contributed by atoms with Gasteiger partial charge in [-0.05, 0) is 25.1 Å². The van der Waals surface area contributed by atoms with Crippen LogP contribution in [-0.4, -0.2) is 11.4 Å². The highest BCUT2D eigenvalue weighted by Gasteiger charge is 2.09. The van der Waals surface area contributed by atoms with E-state index in [9.17, 15) is 9.90 Å². The molecule has 0 aliphatic heterocycles. The lowest BCUT2D eigenvalue weighted by molar-refractivity contribution is 0.110. The Labute approximate surface area is 74.6 Å². The van der Waals surface area contributed by atoms with Crippen molar-refractivity contribution in [3.8, 4) is 5.75 Å². The molecule has 1 aromatic carbocycles. The highest BCUT2D eigenvalue weighted by molar-refractivity contribution is 5.90. The third kappa shape index (κ3) is 1.09. The number of carbonyl (C=O) groups excluding carboxylic acids is 1. The summed E-state index contributed by atoms with van der Waals surface area (Å²) in [6.07, 6.45) is 0.673. The van der Waals surface area contributed by atoms with Gasteiger partial charge in [0.05, 0.1) is 0 Å². The van der Waals surface area contributed by atoms with Crippen molar-refractivity contribution in [2.75, 3.05) is 0 Å². The maximum Gasteiger partial charge on any atom is 0.185 e. The molecule has 1 aromatic heterocycles. The van der Waals surface area contributed by atoms with Gasteiger partial charge in [0, 0.05) is 10.9 Å². The van der Waals surface area contributed by atoms with Crippen LogP contribution in [0.25, 0.3) is 11.0 Å². The van der Waals surface area contributed by atoms with Crippen LogP contribution in [0.4, 0.5) is 0 Å². The first-order valence-corrected chi connectivity index (χ1v) is 3.89. The number of phenolic OH excluding ortho intramolecular Hbond substituents is 1. The molecular weight excluding hydrogens is 168 g/mol. The molecule has 66 valence electrons. The van der Waals surface area contributed by atoms with Gasteiger partial charge in [0.2, 0.25) is 0 Å². The summed E-state index contributed by atoms with van der Waals surface area (Å²) in [5, 5.41) is 9.99. The van der Waals surface area contributed by atoms with E-state index in [0.717, 1.165) is 10.9 Å². The SMILES string of the molecule is Cc1c(C=O)oc2ccc(O)cc12. The van der Waals surface area contributed by atoms with Crippen LogP contribution in [0.2, 0.25) is 0 Å². The average molecular weight is 176 g/mol. The second-order valence-electron chi connectivity index (χ2n) is 2.89. The molecule has 2 rings (SSSR count). The molecule has 0 bridgehead atoms. The minimum absolute atomic E-state index is 0.175. The first-order chi connectivity index (χ1) is 6.22. The fraction of sp³-hybridized carbons (Fsp3) is 0.100. The molecule has 0 unspecified atom stereocenters. The molecule has 0 aliphatic carbocycles. The van der Waals surface area contributed by atoms with Crippen LogP contribution in [0.15, 0.2) is 22.6 Å². The molecule has 1 heterocycles. The number of aromatic hydroxyl groups is 1. The molecule has 0 atom stereocenters. The van der Waals surface area contributed by atoms with Crippen LogP contribution in [-0.2, 0) is 0 Å². The Balaban J connectivity index is 2.84. The van der Waals surface area contributed by atoms with Gasteiger partial charge in [-0.2, -0.15) is 0 Å². The number of hydrogen-bond acceptors (Lipinski definition) is 3. The van der Waals surface area contributed by atoms with Crippen LogP contribution in [0.3, 0.4) is 0 Å². The normalized spacial score (nSPS) is 10.5. The second kappa shape index (κ2) is 2.62. The maximum atomic E-state index is 10.5. The highest BCUT2D eigenvalue weighted by Crippen LogP contribution is 2.27. The second-order valence-corrected chi connectivity index (χ2v) is 2.89. The number of carbonyl (C=O) groups is 1. The van der Waals surface area contributed by atoms with Gasteiger partial charge in [-0.25, -0.2) is 0 Å². The van der Waals surface area contributed by atoms with Crippen molar-refractivity contribution in [3.63, 3.8) is 0 Å². The van der Waals surface area contributed by atoms with E-state index in [2.05, 4.69) is 0 Å². The molecular formula is C10H8O3. The summed E-state index contributed by atoms with van der Waals surface area (Å²) in [6.45, 7) is 1.79. The summed E-state index contributed by atoms with van der Waals surface area (Å²) in [4.78, 5) is 10.5. The predicted octanol–water partition coefficient (Wildman–Crippen LogP) is 2.26. The Bertz CT molecular complexity index is 468. The molecule has 0 aliphatic rings. The first kappa shape index (κ1) is 7.86. The van der Waals surface area contributed by atoms with E-state index in [1.54, 1.807) is 19.1 Å². The van der Waals surface area contributed by atoms with Crippen LogP contribution >= 0.6 is 0 Å². The number of benzene rings is 1. The smallest absolute Gasteiger partial charge is 0.185 e. The van der Waals surface area contributed by atoms with Gasteiger partial charge >= 0.3 is 0 Å². The van der Waals surface area contributed by atoms with E-state index in [-0.39, 0.29) is 5.75 Å². The minimum Gasteiger partial charge on any atom is -0.508 e. The van der Waals surface area contributed by atoms with E-state index in [1.807, 2.05) is 0 Å². The fourth-order valence-corrected chi connectivity index (χ4v) is 1.34. The van der Waals surface area contributed by atoms with Crippen molar-refractivity contribution in [1.82, 2.24) is 0 Å². The number of hydrogen-bond donors (Lipinski definition) is 1. The van der Waals surface area contributed by atoms with Crippen molar-refractivity contribution in [2.45, 2.75) is 6.92 Å². The Morgan fingerprint density at radius 3 is 2.92 bits per heavy atom. The zero-order chi connectivity index (χ0) is 9.42. The Morgan fingerprint density at radius 1 is 1.46 bits per heavy atom. The number of aryl methyl sites for hydroxylation is 1. The van der Waals surface area contributed by atoms with Crippen LogP contribution in [0.1, 0.15) is 16.1 Å². The molecule has 0 fully saturated rings. The lowest BCUT2D eigenvalue weighted by Gasteiger charge is -1.90. The van der Waals surface area contributed by atoms with Gasteiger partial charge in [0.15, 0.2) is 12.0 Å². The van der Waals surface area contributed by atoms with Gasteiger partial charge in [-0.1, -0.05) is 0 Å². The van der Waals surface area contributed by atoms with Gasteiger partial charge in [0.1, 0.15) is 11.3 Å². The van der Waals surface area contributed by atoms with Crippen molar-refractivity contribution in [3.05, 3.63) is 29.5 Å². The standard InChI is InChI=1S/C10H8O3/c1-6-8-4-7(12)2-3-9(8)13-10(6)5-11/h2-5,12H,1H3. The number of rotatable bonds is 1. The third-order valence-corrected chi connectivity index (χ3v) is 2.06. The molecule has 0 spiro atoms. The molecule has 3 nitrogen and oxygen atoms in total. The predicted molar refractivity (Wildman–Crippen MR) is 48.0 cm³/mol. The molecule has 3 heteroatoms. The van der Waals surface area contributed by atoms with Gasteiger partial charge < -0.3 is 9.52 Å². The first-order valence-electron chi connectivity index (χ1n) is 3.89. The molecule has 0 radical (unpaired) electrons. The average Bonchev–Trinajstić information content (AvgIpc) is 2.44. The number of aldehydes is 1. The van der Waals surface area contributed by atoms with Gasteiger partial charge in [0.25, 0.3) is 0 Å². The highest BCUT2D eigenvalue weighted by atomic mass is 16.3. The number of fused-ring (bicyclic) bond motifs is 1. The van der Waals surface area contributed by atoms with E-state index in [4.69, 9.17) is 4.42 Å².